The molecule has 2 heterocycles. The number of hydrogen-bond donors (Lipinski definition) is 2. The second kappa shape index (κ2) is 7.71. The Morgan fingerprint density at radius 2 is 2.00 bits per heavy atom. The van der Waals surface area contributed by atoms with Crippen LogP contribution in [0.3, 0.4) is 0 Å². The zero-order valence-corrected chi connectivity index (χ0v) is 15.4. The van der Waals surface area contributed by atoms with Crippen LogP contribution in [0.2, 0.25) is 0 Å². The van der Waals surface area contributed by atoms with Gasteiger partial charge in [0.15, 0.2) is 5.13 Å². The summed E-state index contributed by atoms with van der Waals surface area (Å²) in [4.78, 5) is 21.8. The van der Waals surface area contributed by atoms with E-state index >= 15 is 0 Å². The zero-order chi connectivity index (χ0) is 17.8. The van der Waals surface area contributed by atoms with E-state index in [-0.39, 0.29) is 11.7 Å². The van der Waals surface area contributed by atoms with Crippen LogP contribution in [0.4, 0.5) is 9.52 Å². The van der Waals surface area contributed by atoms with Crippen LogP contribution in [0.15, 0.2) is 29.6 Å². The summed E-state index contributed by atoms with van der Waals surface area (Å²) in [5, 5.41) is 9.43. The number of aromatic nitrogens is 2. The van der Waals surface area contributed by atoms with Crippen molar-refractivity contribution in [3.63, 3.8) is 0 Å². The van der Waals surface area contributed by atoms with Crippen molar-refractivity contribution < 1.29 is 9.18 Å². The van der Waals surface area contributed by atoms with Gasteiger partial charge in [-0.3, -0.25) is 4.79 Å². The third kappa shape index (κ3) is 4.21. The Labute approximate surface area is 153 Å². The summed E-state index contributed by atoms with van der Waals surface area (Å²) >= 11 is 2.80. The predicted octanol–water partition coefficient (Wildman–Crippen LogP) is 4.08. The molecule has 0 saturated carbocycles. The lowest BCUT2D eigenvalue weighted by atomic mass is 10.2. The third-order valence-electron chi connectivity index (χ3n) is 3.42. The normalized spacial score (nSPS) is 10.7. The highest BCUT2D eigenvalue weighted by molar-refractivity contribution is 7.17. The number of nitrogens with zero attached hydrogens (tertiary/aromatic N) is 2. The summed E-state index contributed by atoms with van der Waals surface area (Å²) < 4.78 is 13.0. The van der Waals surface area contributed by atoms with Crippen LogP contribution in [-0.2, 0) is 6.54 Å². The Morgan fingerprint density at radius 3 is 2.72 bits per heavy atom. The Bertz CT molecular complexity index is 873. The molecule has 0 aliphatic rings. The van der Waals surface area contributed by atoms with Crippen molar-refractivity contribution in [2.75, 3.05) is 11.9 Å². The van der Waals surface area contributed by atoms with E-state index in [1.54, 1.807) is 12.1 Å². The molecule has 0 unspecified atom stereocenters. The minimum Gasteiger partial charge on any atom is -0.362 e. The van der Waals surface area contributed by atoms with Crippen molar-refractivity contribution in [2.45, 2.75) is 20.4 Å². The molecule has 0 bridgehead atoms. The second-order valence-electron chi connectivity index (χ2n) is 5.28. The molecule has 3 aromatic rings. The molecule has 25 heavy (non-hydrogen) atoms. The molecular formula is C17H17FN4OS2. The Hall–Kier alpha value is -2.32. The van der Waals surface area contributed by atoms with Gasteiger partial charge < -0.3 is 10.6 Å². The molecule has 1 aromatic carbocycles. The number of hydrogen-bond acceptors (Lipinski definition) is 6. The van der Waals surface area contributed by atoms with E-state index < -0.39 is 0 Å². The fourth-order valence-electron chi connectivity index (χ4n) is 2.22. The predicted molar refractivity (Wildman–Crippen MR) is 99.7 cm³/mol. The van der Waals surface area contributed by atoms with E-state index in [1.807, 2.05) is 19.2 Å². The second-order valence-corrected chi connectivity index (χ2v) is 7.22. The molecule has 0 spiro atoms. The number of aryl methyl sites for hydroxylation is 1. The average molecular weight is 376 g/mol. The lowest BCUT2D eigenvalue weighted by Gasteiger charge is -2.01. The first-order valence-corrected chi connectivity index (χ1v) is 9.46. The van der Waals surface area contributed by atoms with Crippen molar-refractivity contribution >= 4 is 33.7 Å². The number of carbonyl (C=O) groups is 1. The quantitative estimate of drug-likeness (QED) is 0.680. The van der Waals surface area contributed by atoms with Crippen LogP contribution < -0.4 is 10.6 Å². The molecule has 5 nitrogen and oxygen atoms in total. The van der Waals surface area contributed by atoms with E-state index in [1.165, 1.54) is 34.8 Å². The van der Waals surface area contributed by atoms with E-state index in [2.05, 4.69) is 20.6 Å². The van der Waals surface area contributed by atoms with Gasteiger partial charge in [0.1, 0.15) is 15.7 Å². The number of thiazole rings is 2. The van der Waals surface area contributed by atoms with Crippen LogP contribution >= 0.6 is 22.7 Å². The lowest BCUT2D eigenvalue weighted by Crippen LogP contribution is -2.22. The smallest absolute Gasteiger partial charge is 0.263 e. The number of amides is 1. The SMILES string of the molecule is CCNc1nc(C)c(C(=O)NCc2nc(-c3ccc(F)cc3)cs2)s1. The summed E-state index contributed by atoms with van der Waals surface area (Å²) in [5.74, 6) is -0.430. The summed E-state index contributed by atoms with van der Waals surface area (Å²) in [6.45, 7) is 4.91. The maximum atomic E-state index is 13.0. The topological polar surface area (TPSA) is 66.9 Å². The molecule has 0 aliphatic heterocycles. The number of benzene rings is 1. The van der Waals surface area contributed by atoms with Crippen molar-refractivity contribution in [3.05, 3.63) is 51.0 Å². The number of carbonyl (C=O) groups excluding carboxylic acids is 1. The molecule has 130 valence electrons. The Morgan fingerprint density at radius 1 is 1.24 bits per heavy atom. The molecule has 2 aromatic heterocycles. The molecule has 1 amide bonds. The summed E-state index contributed by atoms with van der Waals surface area (Å²) in [6, 6.07) is 6.20. The highest BCUT2D eigenvalue weighted by Gasteiger charge is 2.15. The van der Waals surface area contributed by atoms with Crippen LogP contribution in [0.1, 0.15) is 27.3 Å². The van der Waals surface area contributed by atoms with Crippen LogP contribution in [-0.4, -0.2) is 22.4 Å². The van der Waals surface area contributed by atoms with Gasteiger partial charge in [-0.05, 0) is 38.1 Å². The average Bonchev–Trinajstić information content (AvgIpc) is 3.20. The standard InChI is InChI=1S/C17H17FN4OS2/c1-3-19-17-21-10(2)15(25-17)16(23)20-8-14-22-13(9-24-14)11-4-6-12(18)7-5-11/h4-7,9H,3,8H2,1-2H3,(H,19,21)(H,20,23). The van der Waals surface area contributed by atoms with Crippen molar-refractivity contribution in [1.82, 2.24) is 15.3 Å². The lowest BCUT2D eigenvalue weighted by molar-refractivity contribution is 0.0954. The first kappa shape index (κ1) is 17.5. The van der Waals surface area contributed by atoms with E-state index in [4.69, 9.17) is 0 Å². The molecule has 2 N–H and O–H groups in total. The molecular weight excluding hydrogens is 359 g/mol. The van der Waals surface area contributed by atoms with E-state index in [0.29, 0.717) is 17.1 Å². The van der Waals surface area contributed by atoms with Gasteiger partial charge in [0.2, 0.25) is 0 Å². The molecule has 0 saturated heterocycles. The number of halogens is 1. The van der Waals surface area contributed by atoms with Crippen LogP contribution in [0.25, 0.3) is 11.3 Å². The van der Waals surface area contributed by atoms with Gasteiger partial charge in [-0.2, -0.15) is 0 Å². The van der Waals surface area contributed by atoms with Crippen LogP contribution in [0.5, 0.6) is 0 Å². The van der Waals surface area contributed by atoms with Crippen molar-refractivity contribution in [2.24, 2.45) is 0 Å². The first-order chi connectivity index (χ1) is 12.1. The molecule has 8 heteroatoms. The molecule has 0 atom stereocenters. The van der Waals surface area contributed by atoms with Gasteiger partial charge in [-0.25, -0.2) is 14.4 Å². The van der Waals surface area contributed by atoms with Gasteiger partial charge in [0.25, 0.3) is 5.91 Å². The number of rotatable bonds is 6. The maximum absolute atomic E-state index is 13.0. The maximum Gasteiger partial charge on any atom is 0.263 e. The Balaban J connectivity index is 1.64. The Kier molecular flexibility index (Phi) is 5.40. The minimum atomic E-state index is -0.275. The number of nitrogens with one attached hydrogen (secondary N) is 2. The van der Waals surface area contributed by atoms with Crippen molar-refractivity contribution in [3.8, 4) is 11.3 Å². The van der Waals surface area contributed by atoms with Crippen LogP contribution in [0, 0.1) is 12.7 Å². The molecule has 0 aliphatic carbocycles. The van der Waals surface area contributed by atoms with E-state index in [9.17, 15) is 9.18 Å². The van der Waals surface area contributed by atoms with Gasteiger partial charge in [-0.15, -0.1) is 11.3 Å². The van der Waals surface area contributed by atoms with Gasteiger partial charge in [0, 0.05) is 17.5 Å². The van der Waals surface area contributed by atoms with Gasteiger partial charge in [0.05, 0.1) is 17.9 Å². The monoisotopic (exact) mass is 376 g/mol. The third-order valence-corrected chi connectivity index (χ3v) is 5.39. The molecule has 0 radical (unpaired) electrons. The highest BCUT2D eigenvalue weighted by Crippen LogP contribution is 2.24. The van der Waals surface area contributed by atoms with Gasteiger partial charge in [-0.1, -0.05) is 11.3 Å². The first-order valence-electron chi connectivity index (χ1n) is 7.76. The van der Waals surface area contributed by atoms with Crippen molar-refractivity contribution in [1.29, 1.82) is 0 Å². The van der Waals surface area contributed by atoms with E-state index in [0.717, 1.165) is 27.9 Å². The molecule has 0 fully saturated rings. The zero-order valence-electron chi connectivity index (χ0n) is 13.8. The summed E-state index contributed by atoms with van der Waals surface area (Å²) in [5.41, 5.74) is 2.34. The molecule has 3 rings (SSSR count). The summed E-state index contributed by atoms with van der Waals surface area (Å²) in [6.07, 6.45) is 0. The largest absolute Gasteiger partial charge is 0.362 e. The minimum absolute atomic E-state index is 0.155. The fourth-order valence-corrected chi connectivity index (χ4v) is 3.91. The number of anilines is 1. The highest BCUT2D eigenvalue weighted by atomic mass is 32.1. The van der Waals surface area contributed by atoms with Gasteiger partial charge >= 0.3 is 0 Å². The fraction of sp³-hybridized carbons (Fsp3) is 0.235. The summed E-state index contributed by atoms with van der Waals surface area (Å²) in [7, 11) is 0.